The average Bonchev–Trinajstić information content (AvgIpc) is 2.88. The number of hydrogen-bond donors (Lipinski definition) is 1. The second kappa shape index (κ2) is 10.4. The molecular weight excluding hydrogens is 458 g/mol. The second-order valence-electron chi connectivity index (χ2n) is 7.97. The summed E-state index contributed by atoms with van der Waals surface area (Å²) in [6.45, 7) is 1.91. The normalized spacial score (nSPS) is 11.4. The van der Waals surface area contributed by atoms with Crippen molar-refractivity contribution in [3.05, 3.63) is 114 Å². The van der Waals surface area contributed by atoms with E-state index in [1.807, 2.05) is 67.6 Å². The fourth-order valence-electron chi connectivity index (χ4n) is 3.58. The Morgan fingerprint density at radius 3 is 2.46 bits per heavy atom. The van der Waals surface area contributed by atoms with Crippen molar-refractivity contribution in [1.29, 1.82) is 0 Å². The molecule has 0 unspecified atom stereocenters. The molecule has 0 bridgehead atoms. The van der Waals surface area contributed by atoms with Gasteiger partial charge in [-0.2, -0.15) is 0 Å². The van der Waals surface area contributed by atoms with Gasteiger partial charge >= 0.3 is 0 Å². The number of aryl methyl sites for hydroxylation is 1. The monoisotopic (exact) mass is 483 g/mol. The summed E-state index contributed by atoms with van der Waals surface area (Å²) in [6, 6.07) is 26.8. The fourth-order valence-corrected chi connectivity index (χ4v) is 4.83. The summed E-state index contributed by atoms with van der Waals surface area (Å²) in [7, 11) is -2.24. The number of carbonyl (C=O) groups excluding carboxylic acids is 1. The van der Waals surface area contributed by atoms with E-state index in [2.05, 4.69) is 10.3 Å². The number of rotatable bonds is 7. The molecule has 4 aromatic rings. The molecule has 176 valence electrons. The van der Waals surface area contributed by atoms with Crippen LogP contribution in [-0.2, 0) is 14.8 Å². The SMILES string of the molecule is Cc1cccc(N(C)S(=O)(=O)c2cccc(/C=C/C(=O)Nc3ccccc3-c3ccccn3)c2)c1. The highest BCUT2D eigenvalue weighted by atomic mass is 32.2. The Balaban J connectivity index is 1.52. The van der Waals surface area contributed by atoms with E-state index in [1.54, 1.807) is 42.6 Å². The zero-order chi connectivity index (χ0) is 24.8. The average molecular weight is 484 g/mol. The number of benzene rings is 3. The highest BCUT2D eigenvalue weighted by Gasteiger charge is 2.21. The first-order valence-electron chi connectivity index (χ1n) is 11.0. The number of nitrogens with one attached hydrogen (secondary N) is 1. The molecular formula is C28H25N3O3S. The van der Waals surface area contributed by atoms with Crippen LogP contribution in [0, 0.1) is 6.92 Å². The van der Waals surface area contributed by atoms with Gasteiger partial charge in [-0.05, 0) is 66.6 Å². The third-order valence-corrected chi connectivity index (χ3v) is 7.22. The molecule has 0 spiro atoms. The molecule has 35 heavy (non-hydrogen) atoms. The van der Waals surface area contributed by atoms with Crippen LogP contribution >= 0.6 is 0 Å². The number of para-hydroxylation sites is 1. The number of hydrogen-bond acceptors (Lipinski definition) is 4. The van der Waals surface area contributed by atoms with Gasteiger partial charge in [0.2, 0.25) is 5.91 Å². The van der Waals surface area contributed by atoms with Crippen LogP contribution < -0.4 is 9.62 Å². The third kappa shape index (κ3) is 5.65. The topological polar surface area (TPSA) is 79.4 Å². The molecule has 4 rings (SSSR count). The smallest absolute Gasteiger partial charge is 0.264 e. The molecule has 6 nitrogen and oxygen atoms in total. The van der Waals surface area contributed by atoms with E-state index >= 15 is 0 Å². The Morgan fingerprint density at radius 2 is 1.69 bits per heavy atom. The standard InChI is InChI=1S/C28H25N3O3S/c1-21-9-7-11-23(19-21)31(2)35(33,34)24-12-8-10-22(20-24)16-17-28(32)30-27-15-4-3-13-25(27)26-14-5-6-18-29-26/h3-20H,1-2H3,(H,30,32)/b17-16+. The Bertz CT molecular complexity index is 1480. The van der Waals surface area contributed by atoms with Crippen molar-refractivity contribution < 1.29 is 13.2 Å². The molecule has 1 aromatic heterocycles. The van der Waals surface area contributed by atoms with Gasteiger partial charge in [0.05, 0.1) is 22.0 Å². The summed E-state index contributed by atoms with van der Waals surface area (Å²) in [5, 5.41) is 2.88. The van der Waals surface area contributed by atoms with Gasteiger partial charge in [-0.25, -0.2) is 8.42 Å². The van der Waals surface area contributed by atoms with E-state index in [0.29, 0.717) is 16.9 Å². The molecule has 0 saturated heterocycles. The maximum absolute atomic E-state index is 13.2. The molecule has 7 heteroatoms. The minimum absolute atomic E-state index is 0.143. The van der Waals surface area contributed by atoms with Gasteiger partial charge in [0.1, 0.15) is 0 Å². The maximum atomic E-state index is 13.2. The molecule has 0 aliphatic rings. The zero-order valence-electron chi connectivity index (χ0n) is 19.4. The summed E-state index contributed by atoms with van der Waals surface area (Å²) in [6.07, 6.45) is 4.67. The van der Waals surface area contributed by atoms with Gasteiger partial charge in [-0.15, -0.1) is 0 Å². The van der Waals surface area contributed by atoms with Crippen LogP contribution in [0.2, 0.25) is 0 Å². The van der Waals surface area contributed by atoms with Crippen molar-refractivity contribution in [1.82, 2.24) is 4.98 Å². The number of pyridine rings is 1. The first-order valence-corrected chi connectivity index (χ1v) is 12.4. The summed E-state index contributed by atoms with van der Waals surface area (Å²) in [5.74, 6) is -0.335. The predicted octanol–water partition coefficient (Wildman–Crippen LogP) is 5.53. The van der Waals surface area contributed by atoms with Crippen molar-refractivity contribution in [2.45, 2.75) is 11.8 Å². The van der Waals surface area contributed by atoms with E-state index in [9.17, 15) is 13.2 Å². The van der Waals surface area contributed by atoms with Crippen LogP contribution in [0.1, 0.15) is 11.1 Å². The Morgan fingerprint density at radius 1 is 0.914 bits per heavy atom. The van der Waals surface area contributed by atoms with Crippen LogP contribution in [0.4, 0.5) is 11.4 Å². The molecule has 0 radical (unpaired) electrons. The van der Waals surface area contributed by atoms with Gasteiger partial charge in [0.25, 0.3) is 10.0 Å². The molecule has 0 aliphatic heterocycles. The fraction of sp³-hybridized carbons (Fsp3) is 0.0714. The Hall–Kier alpha value is -4.23. The van der Waals surface area contributed by atoms with Crippen molar-refractivity contribution >= 4 is 33.4 Å². The van der Waals surface area contributed by atoms with E-state index in [1.165, 1.54) is 17.4 Å². The lowest BCUT2D eigenvalue weighted by Crippen LogP contribution is -2.26. The van der Waals surface area contributed by atoms with Crippen molar-refractivity contribution in [2.24, 2.45) is 0 Å². The van der Waals surface area contributed by atoms with Gasteiger partial charge in [-0.3, -0.25) is 14.1 Å². The first kappa shape index (κ1) is 23.9. The largest absolute Gasteiger partial charge is 0.322 e. The lowest BCUT2D eigenvalue weighted by atomic mass is 10.1. The molecule has 0 atom stereocenters. The van der Waals surface area contributed by atoms with E-state index in [4.69, 9.17) is 0 Å². The van der Waals surface area contributed by atoms with Crippen LogP contribution in [-0.4, -0.2) is 26.4 Å². The lowest BCUT2D eigenvalue weighted by Gasteiger charge is -2.20. The molecule has 0 aliphatic carbocycles. The molecule has 1 N–H and O–H groups in total. The number of anilines is 2. The summed E-state index contributed by atoms with van der Waals surface area (Å²) < 4.78 is 27.6. The Labute approximate surface area is 205 Å². The number of carbonyl (C=O) groups is 1. The van der Waals surface area contributed by atoms with Crippen molar-refractivity contribution in [3.63, 3.8) is 0 Å². The quantitative estimate of drug-likeness (QED) is 0.350. The van der Waals surface area contributed by atoms with Gasteiger partial charge in [0.15, 0.2) is 0 Å². The van der Waals surface area contributed by atoms with Gasteiger partial charge in [-0.1, -0.05) is 48.5 Å². The molecule has 3 aromatic carbocycles. The number of sulfonamides is 1. The van der Waals surface area contributed by atoms with Crippen molar-refractivity contribution in [3.8, 4) is 11.3 Å². The number of amides is 1. The lowest BCUT2D eigenvalue weighted by molar-refractivity contribution is -0.111. The van der Waals surface area contributed by atoms with E-state index < -0.39 is 10.0 Å². The summed E-state index contributed by atoms with van der Waals surface area (Å²) in [4.78, 5) is 17.1. The summed E-state index contributed by atoms with van der Waals surface area (Å²) >= 11 is 0. The Kier molecular flexibility index (Phi) is 7.08. The van der Waals surface area contributed by atoms with Crippen LogP contribution in [0.3, 0.4) is 0 Å². The summed E-state index contributed by atoms with van der Waals surface area (Å²) in [5.41, 5.74) is 4.34. The van der Waals surface area contributed by atoms with Gasteiger partial charge < -0.3 is 5.32 Å². The van der Waals surface area contributed by atoms with E-state index in [0.717, 1.165) is 16.8 Å². The third-order valence-electron chi connectivity index (χ3n) is 5.43. The minimum Gasteiger partial charge on any atom is -0.322 e. The van der Waals surface area contributed by atoms with Crippen LogP contribution in [0.15, 0.2) is 108 Å². The van der Waals surface area contributed by atoms with E-state index in [-0.39, 0.29) is 10.8 Å². The highest BCUT2D eigenvalue weighted by Crippen LogP contribution is 2.26. The zero-order valence-corrected chi connectivity index (χ0v) is 20.2. The number of aromatic nitrogens is 1. The molecule has 0 fully saturated rings. The minimum atomic E-state index is -3.76. The second-order valence-corrected chi connectivity index (χ2v) is 9.94. The highest BCUT2D eigenvalue weighted by molar-refractivity contribution is 7.92. The molecule has 1 heterocycles. The predicted molar refractivity (Wildman–Crippen MR) is 141 cm³/mol. The van der Waals surface area contributed by atoms with Crippen LogP contribution in [0.5, 0.6) is 0 Å². The van der Waals surface area contributed by atoms with Crippen molar-refractivity contribution in [2.75, 3.05) is 16.7 Å². The van der Waals surface area contributed by atoms with Crippen LogP contribution in [0.25, 0.3) is 17.3 Å². The first-order chi connectivity index (χ1) is 16.8. The van der Waals surface area contributed by atoms with Gasteiger partial charge in [0, 0.05) is 24.9 Å². The molecule has 1 amide bonds. The maximum Gasteiger partial charge on any atom is 0.264 e. The number of nitrogens with zero attached hydrogens (tertiary/aromatic N) is 2. The molecule has 0 saturated carbocycles.